The first-order chi connectivity index (χ1) is 18.8. The Morgan fingerprint density at radius 1 is 0.447 bits per heavy atom. The van der Waals surface area contributed by atoms with Crippen LogP contribution in [-0.4, -0.2) is 4.57 Å². The molecule has 1 heterocycles. The molecule has 0 unspecified atom stereocenters. The van der Waals surface area contributed by atoms with Crippen LogP contribution in [0.3, 0.4) is 0 Å². The summed E-state index contributed by atoms with van der Waals surface area (Å²) in [6.45, 7) is 9.37. The van der Waals surface area contributed by atoms with Crippen molar-refractivity contribution in [2.24, 2.45) is 0 Å². The van der Waals surface area contributed by atoms with Crippen LogP contribution in [0.15, 0.2) is 12.4 Å². The van der Waals surface area contributed by atoms with E-state index in [1.54, 1.807) is 0 Å². The molecule has 0 aromatic carbocycles. The Bertz CT molecular complexity index is 590. The topological polar surface area (TPSA) is 8.81 Å². The predicted molar refractivity (Wildman–Crippen MR) is 170 cm³/mol. The minimum atomic E-state index is 1.16. The van der Waals surface area contributed by atoms with Gasteiger partial charge in [-0.1, -0.05) is 168 Å². The molecule has 0 fully saturated rings. The van der Waals surface area contributed by atoms with Gasteiger partial charge < -0.3 is 0 Å². The Morgan fingerprint density at radius 2 is 0.789 bits per heavy atom. The van der Waals surface area contributed by atoms with Gasteiger partial charge in [0.1, 0.15) is 12.4 Å². The molecule has 0 aliphatic carbocycles. The van der Waals surface area contributed by atoms with Crippen LogP contribution in [0.25, 0.3) is 0 Å². The number of hydrogen-bond acceptors (Lipinski definition) is 0. The summed E-state index contributed by atoms with van der Waals surface area (Å²) in [6.07, 6.45) is 44.7. The van der Waals surface area contributed by atoms with Crippen molar-refractivity contribution in [1.29, 1.82) is 0 Å². The molecule has 0 N–H and O–H groups in total. The van der Waals surface area contributed by atoms with Crippen LogP contribution in [0.4, 0.5) is 0 Å². The highest BCUT2D eigenvalue weighted by atomic mass is 15.1. The summed E-state index contributed by atoms with van der Waals surface area (Å²) in [5.74, 6) is 1.54. The fourth-order valence-electron chi connectivity index (χ4n) is 6.09. The van der Waals surface area contributed by atoms with Crippen molar-refractivity contribution in [1.82, 2.24) is 4.57 Å². The highest BCUT2D eigenvalue weighted by Gasteiger charge is 2.14. The van der Waals surface area contributed by atoms with Crippen LogP contribution in [0, 0.1) is 0 Å². The van der Waals surface area contributed by atoms with Crippen molar-refractivity contribution in [2.45, 2.75) is 214 Å². The lowest BCUT2D eigenvalue weighted by atomic mass is 10.0. The Hall–Kier alpha value is -0.790. The minimum absolute atomic E-state index is 1.16. The number of aryl methyl sites for hydroxylation is 2. The fraction of sp³-hybridized carbons (Fsp3) is 0.917. The van der Waals surface area contributed by atoms with Gasteiger partial charge in [-0.15, -0.1) is 0 Å². The number of nitrogens with zero attached hydrogens (tertiary/aromatic N) is 2. The zero-order valence-corrected chi connectivity index (χ0v) is 26.8. The Labute approximate surface area is 240 Å². The van der Waals surface area contributed by atoms with E-state index in [-0.39, 0.29) is 0 Å². The first kappa shape index (κ1) is 35.2. The van der Waals surface area contributed by atoms with Crippen LogP contribution in [0.2, 0.25) is 0 Å². The molecular weight excluding hydrogens is 460 g/mol. The summed E-state index contributed by atoms with van der Waals surface area (Å²) in [6, 6.07) is 0. The number of hydrogen-bond donors (Lipinski definition) is 0. The van der Waals surface area contributed by atoms with Crippen LogP contribution in [0.1, 0.15) is 200 Å². The maximum atomic E-state index is 2.54. The fourth-order valence-corrected chi connectivity index (χ4v) is 6.09. The van der Waals surface area contributed by atoms with E-state index in [0.717, 1.165) is 6.42 Å². The third-order valence-electron chi connectivity index (χ3n) is 8.66. The van der Waals surface area contributed by atoms with Crippen LogP contribution in [-0.2, 0) is 19.5 Å². The average molecular weight is 532 g/mol. The Balaban J connectivity index is 1.94. The van der Waals surface area contributed by atoms with E-state index in [1.165, 1.54) is 192 Å². The van der Waals surface area contributed by atoms with Gasteiger partial charge in [0.2, 0.25) is 0 Å². The lowest BCUT2D eigenvalue weighted by Crippen LogP contribution is -2.37. The van der Waals surface area contributed by atoms with Gasteiger partial charge in [-0.25, -0.2) is 9.13 Å². The summed E-state index contributed by atoms with van der Waals surface area (Å²) in [7, 11) is 0. The van der Waals surface area contributed by atoms with Gasteiger partial charge in [0.05, 0.1) is 13.1 Å². The summed E-state index contributed by atoms with van der Waals surface area (Å²) in [5, 5.41) is 0. The number of unbranched alkanes of at least 4 members (excludes halogenated alkanes) is 25. The largest absolute Gasteiger partial charge is 0.256 e. The minimum Gasteiger partial charge on any atom is -0.234 e. The van der Waals surface area contributed by atoms with E-state index in [2.05, 4.69) is 42.3 Å². The molecule has 0 radical (unpaired) electrons. The predicted octanol–water partition coefficient (Wildman–Crippen LogP) is 11.9. The number of aromatic nitrogens is 2. The summed E-state index contributed by atoms with van der Waals surface area (Å²) in [4.78, 5) is 0. The molecule has 38 heavy (non-hydrogen) atoms. The van der Waals surface area contributed by atoms with E-state index in [9.17, 15) is 0 Å². The van der Waals surface area contributed by atoms with Crippen LogP contribution < -0.4 is 4.57 Å². The van der Waals surface area contributed by atoms with Crippen molar-refractivity contribution in [3.05, 3.63) is 18.2 Å². The molecule has 1 rings (SSSR count). The van der Waals surface area contributed by atoms with Gasteiger partial charge in [-0.05, 0) is 25.7 Å². The van der Waals surface area contributed by atoms with Gasteiger partial charge in [-0.2, -0.15) is 0 Å². The lowest BCUT2D eigenvalue weighted by molar-refractivity contribution is -0.704. The first-order valence-corrected chi connectivity index (χ1v) is 17.9. The molecule has 2 nitrogen and oxygen atoms in total. The average Bonchev–Trinajstić information content (AvgIpc) is 3.33. The molecule has 0 aliphatic rings. The first-order valence-electron chi connectivity index (χ1n) is 17.9. The van der Waals surface area contributed by atoms with Crippen molar-refractivity contribution >= 4 is 0 Å². The summed E-state index contributed by atoms with van der Waals surface area (Å²) in [5.41, 5.74) is 0. The molecule has 2 heteroatoms. The monoisotopic (exact) mass is 532 g/mol. The Kier molecular flexibility index (Phi) is 25.7. The molecule has 0 amide bonds. The number of rotatable bonds is 30. The molecule has 0 aliphatic heterocycles. The van der Waals surface area contributed by atoms with Crippen molar-refractivity contribution in [3.63, 3.8) is 0 Å². The van der Waals surface area contributed by atoms with E-state index >= 15 is 0 Å². The highest BCUT2D eigenvalue weighted by molar-refractivity contribution is 4.83. The van der Waals surface area contributed by atoms with Crippen molar-refractivity contribution in [3.8, 4) is 0 Å². The van der Waals surface area contributed by atoms with Crippen LogP contribution >= 0.6 is 0 Å². The Morgan fingerprint density at radius 3 is 1.16 bits per heavy atom. The van der Waals surface area contributed by atoms with Gasteiger partial charge >= 0.3 is 0 Å². The van der Waals surface area contributed by atoms with Crippen molar-refractivity contribution in [2.75, 3.05) is 0 Å². The maximum Gasteiger partial charge on any atom is 0.256 e. The number of imidazole rings is 1. The normalized spacial score (nSPS) is 11.6. The second kappa shape index (κ2) is 27.8. The van der Waals surface area contributed by atoms with Crippen LogP contribution in [0.5, 0.6) is 0 Å². The second-order valence-electron chi connectivity index (χ2n) is 12.3. The van der Waals surface area contributed by atoms with E-state index in [0.29, 0.717) is 0 Å². The SMILES string of the molecule is CCCCCCCCCCCCCCCCCCC[n+]1ccn(CCCCCCCCCCCC)c1CC. The maximum absolute atomic E-state index is 2.54. The third-order valence-corrected chi connectivity index (χ3v) is 8.66. The summed E-state index contributed by atoms with van der Waals surface area (Å²) < 4.78 is 5.08. The molecule has 0 atom stereocenters. The summed E-state index contributed by atoms with van der Waals surface area (Å²) >= 11 is 0. The molecule has 0 spiro atoms. The zero-order valence-electron chi connectivity index (χ0n) is 26.8. The molecule has 0 bridgehead atoms. The van der Waals surface area contributed by atoms with E-state index in [4.69, 9.17) is 0 Å². The molecule has 0 saturated carbocycles. The van der Waals surface area contributed by atoms with Gasteiger partial charge in [-0.3, -0.25) is 0 Å². The van der Waals surface area contributed by atoms with Gasteiger partial charge in [0.15, 0.2) is 0 Å². The van der Waals surface area contributed by atoms with E-state index < -0.39 is 0 Å². The zero-order chi connectivity index (χ0) is 27.4. The molecule has 1 aromatic rings. The lowest BCUT2D eigenvalue weighted by Gasteiger charge is -2.05. The molecule has 1 aromatic heterocycles. The van der Waals surface area contributed by atoms with Gasteiger partial charge in [0.25, 0.3) is 5.82 Å². The molecule has 224 valence electrons. The standard InChI is InChI=1S/C36H71N2/c1-4-7-9-11-13-15-17-18-19-20-21-22-23-25-27-29-31-33-38-35-34-37(36(38)6-3)32-30-28-26-24-16-14-12-10-8-5-2/h34-35H,4-33H2,1-3H3/q+1. The van der Waals surface area contributed by atoms with Crippen molar-refractivity contribution < 1.29 is 4.57 Å². The van der Waals surface area contributed by atoms with E-state index in [1.807, 2.05) is 0 Å². The molecule has 0 saturated heterocycles. The molecular formula is C36H71N2+. The second-order valence-corrected chi connectivity index (χ2v) is 12.3. The van der Waals surface area contributed by atoms with Gasteiger partial charge in [0, 0.05) is 6.42 Å². The quantitative estimate of drug-likeness (QED) is 0.0689. The third kappa shape index (κ3) is 20.2. The smallest absolute Gasteiger partial charge is 0.234 e. The highest BCUT2D eigenvalue weighted by Crippen LogP contribution is 2.15.